The third kappa shape index (κ3) is 3.02. The highest BCUT2D eigenvalue weighted by molar-refractivity contribution is 7.89. The van der Waals surface area contributed by atoms with Crippen molar-refractivity contribution >= 4 is 27.0 Å². The Morgan fingerprint density at radius 3 is 2.88 bits per heavy atom. The van der Waals surface area contributed by atoms with Crippen molar-refractivity contribution in [3.05, 3.63) is 40.8 Å². The van der Waals surface area contributed by atoms with Crippen LogP contribution in [0.1, 0.15) is 5.01 Å². The summed E-state index contributed by atoms with van der Waals surface area (Å²) in [5.41, 5.74) is 5.96. The van der Waals surface area contributed by atoms with Gasteiger partial charge in [0.1, 0.15) is 5.01 Å². The summed E-state index contributed by atoms with van der Waals surface area (Å²) in [7, 11) is -3.52. The molecule has 0 saturated carbocycles. The van der Waals surface area contributed by atoms with Crippen LogP contribution in [-0.4, -0.2) is 13.4 Å². The van der Waals surface area contributed by atoms with E-state index in [-0.39, 0.29) is 11.4 Å². The molecule has 0 radical (unpaired) electrons. The monoisotopic (exact) mass is 269 g/mol. The number of rotatable bonds is 4. The molecule has 0 aliphatic carbocycles. The summed E-state index contributed by atoms with van der Waals surface area (Å²) < 4.78 is 26.2. The Kier molecular flexibility index (Phi) is 3.41. The number of hydrogen-bond donors (Lipinski definition) is 2. The Bertz CT molecular complexity index is 594. The van der Waals surface area contributed by atoms with E-state index in [1.54, 1.807) is 23.7 Å². The molecule has 0 bridgehead atoms. The summed E-state index contributed by atoms with van der Waals surface area (Å²) in [5.74, 6) is 0. The maximum Gasteiger partial charge on any atom is 0.241 e. The van der Waals surface area contributed by atoms with Gasteiger partial charge in [0, 0.05) is 17.3 Å². The van der Waals surface area contributed by atoms with Gasteiger partial charge in [-0.2, -0.15) is 0 Å². The fourth-order valence-electron chi connectivity index (χ4n) is 1.26. The first-order valence-electron chi connectivity index (χ1n) is 4.81. The number of nitrogen functional groups attached to an aromatic ring is 1. The maximum absolute atomic E-state index is 11.9. The van der Waals surface area contributed by atoms with Gasteiger partial charge in [-0.25, -0.2) is 18.1 Å². The lowest BCUT2D eigenvalue weighted by Crippen LogP contribution is -2.23. The van der Waals surface area contributed by atoms with Crippen molar-refractivity contribution in [1.82, 2.24) is 9.71 Å². The van der Waals surface area contributed by atoms with Crippen molar-refractivity contribution in [3.63, 3.8) is 0 Å². The first kappa shape index (κ1) is 12.0. The van der Waals surface area contributed by atoms with E-state index >= 15 is 0 Å². The van der Waals surface area contributed by atoms with Crippen LogP contribution in [0.3, 0.4) is 0 Å². The molecule has 2 aromatic rings. The van der Waals surface area contributed by atoms with Gasteiger partial charge in [-0.05, 0) is 18.2 Å². The summed E-state index contributed by atoms with van der Waals surface area (Å²) in [6.07, 6.45) is 1.63. The molecule has 1 aromatic carbocycles. The zero-order valence-electron chi connectivity index (χ0n) is 8.83. The zero-order valence-corrected chi connectivity index (χ0v) is 10.5. The van der Waals surface area contributed by atoms with Crippen molar-refractivity contribution in [1.29, 1.82) is 0 Å². The molecule has 3 N–H and O–H groups in total. The molecule has 0 spiro atoms. The number of benzene rings is 1. The Balaban J connectivity index is 2.14. The molecule has 5 nitrogen and oxygen atoms in total. The average Bonchev–Trinajstić information content (AvgIpc) is 2.79. The van der Waals surface area contributed by atoms with E-state index in [4.69, 9.17) is 5.73 Å². The van der Waals surface area contributed by atoms with Crippen LogP contribution in [0.5, 0.6) is 0 Å². The summed E-state index contributed by atoms with van der Waals surface area (Å²) in [6, 6.07) is 6.16. The van der Waals surface area contributed by atoms with E-state index < -0.39 is 10.0 Å². The Labute approximate surface area is 103 Å². The SMILES string of the molecule is Nc1cccc(S(=O)(=O)NCc2nccs2)c1. The number of thiazole rings is 1. The van der Waals surface area contributed by atoms with Gasteiger partial charge >= 0.3 is 0 Å². The van der Waals surface area contributed by atoms with Crippen molar-refractivity contribution in [3.8, 4) is 0 Å². The molecule has 2 rings (SSSR count). The van der Waals surface area contributed by atoms with E-state index in [0.717, 1.165) is 5.01 Å². The highest BCUT2D eigenvalue weighted by Crippen LogP contribution is 2.13. The van der Waals surface area contributed by atoms with Crippen LogP contribution < -0.4 is 10.5 Å². The quantitative estimate of drug-likeness (QED) is 0.817. The van der Waals surface area contributed by atoms with Crippen molar-refractivity contribution in [2.45, 2.75) is 11.4 Å². The predicted octanol–water partition coefficient (Wildman–Crippen LogP) is 1.20. The van der Waals surface area contributed by atoms with Crippen LogP contribution in [0.2, 0.25) is 0 Å². The van der Waals surface area contributed by atoms with Crippen LogP contribution in [0.15, 0.2) is 40.7 Å². The molecule has 0 unspecified atom stereocenters. The van der Waals surface area contributed by atoms with Crippen molar-refractivity contribution < 1.29 is 8.42 Å². The van der Waals surface area contributed by atoms with Gasteiger partial charge in [-0.3, -0.25) is 0 Å². The Morgan fingerprint density at radius 1 is 1.41 bits per heavy atom. The second kappa shape index (κ2) is 4.82. The van der Waals surface area contributed by atoms with Gasteiger partial charge in [0.15, 0.2) is 0 Å². The fourth-order valence-corrected chi connectivity index (χ4v) is 2.95. The summed E-state index contributed by atoms with van der Waals surface area (Å²) in [5, 5.41) is 2.52. The van der Waals surface area contributed by atoms with E-state index in [0.29, 0.717) is 5.69 Å². The third-order valence-electron chi connectivity index (χ3n) is 2.07. The third-order valence-corrected chi connectivity index (χ3v) is 4.24. The largest absolute Gasteiger partial charge is 0.399 e. The number of aromatic nitrogens is 1. The number of nitrogens with zero attached hydrogens (tertiary/aromatic N) is 1. The smallest absolute Gasteiger partial charge is 0.241 e. The van der Waals surface area contributed by atoms with Gasteiger partial charge in [0.05, 0.1) is 11.4 Å². The van der Waals surface area contributed by atoms with Crippen molar-refractivity contribution in [2.75, 3.05) is 5.73 Å². The molecule has 1 aromatic heterocycles. The minimum Gasteiger partial charge on any atom is -0.399 e. The topological polar surface area (TPSA) is 85.1 Å². The molecule has 17 heavy (non-hydrogen) atoms. The first-order chi connectivity index (χ1) is 8.08. The zero-order chi connectivity index (χ0) is 12.3. The second-order valence-corrected chi connectivity index (χ2v) is 6.07. The van der Waals surface area contributed by atoms with Gasteiger partial charge in [0.2, 0.25) is 10.0 Å². The molecule has 0 fully saturated rings. The van der Waals surface area contributed by atoms with Crippen LogP contribution in [0.25, 0.3) is 0 Å². The van der Waals surface area contributed by atoms with Crippen molar-refractivity contribution in [2.24, 2.45) is 0 Å². The van der Waals surface area contributed by atoms with Gasteiger partial charge in [0.25, 0.3) is 0 Å². The predicted molar refractivity (Wildman–Crippen MR) is 67.0 cm³/mol. The lowest BCUT2D eigenvalue weighted by Gasteiger charge is -2.05. The van der Waals surface area contributed by atoms with E-state index in [9.17, 15) is 8.42 Å². The minimum absolute atomic E-state index is 0.161. The second-order valence-electron chi connectivity index (χ2n) is 3.32. The van der Waals surface area contributed by atoms with Crippen LogP contribution >= 0.6 is 11.3 Å². The number of sulfonamides is 1. The molecule has 0 aliphatic rings. The molecule has 0 aliphatic heterocycles. The summed E-state index contributed by atoms with van der Waals surface area (Å²) in [4.78, 5) is 4.16. The highest BCUT2D eigenvalue weighted by Gasteiger charge is 2.14. The first-order valence-corrected chi connectivity index (χ1v) is 7.18. The average molecular weight is 269 g/mol. The Hall–Kier alpha value is -1.44. The molecule has 7 heteroatoms. The molecule has 90 valence electrons. The fraction of sp³-hybridized carbons (Fsp3) is 0.100. The van der Waals surface area contributed by atoms with E-state index in [1.165, 1.54) is 23.5 Å². The highest BCUT2D eigenvalue weighted by atomic mass is 32.2. The normalized spacial score (nSPS) is 11.5. The minimum atomic E-state index is -3.52. The summed E-state index contributed by atoms with van der Waals surface area (Å²) in [6.45, 7) is 0.189. The van der Waals surface area contributed by atoms with Crippen LogP contribution in [0.4, 0.5) is 5.69 Å². The van der Waals surface area contributed by atoms with E-state index in [2.05, 4.69) is 9.71 Å². The lowest BCUT2D eigenvalue weighted by molar-refractivity contribution is 0.581. The van der Waals surface area contributed by atoms with Gasteiger partial charge < -0.3 is 5.73 Å². The maximum atomic E-state index is 11.9. The van der Waals surface area contributed by atoms with Crippen LogP contribution in [-0.2, 0) is 16.6 Å². The Morgan fingerprint density at radius 2 is 2.24 bits per heavy atom. The number of hydrogen-bond acceptors (Lipinski definition) is 5. The molecule has 1 heterocycles. The van der Waals surface area contributed by atoms with E-state index in [1.807, 2.05) is 0 Å². The van der Waals surface area contributed by atoms with Gasteiger partial charge in [-0.15, -0.1) is 11.3 Å². The standard InChI is InChI=1S/C10H11N3O2S2/c11-8-2-1-3-9(6-8)17(14,15)13-7-10-12-4-5-16-10/h1-6,13H,7,11H2. The summed E-state index contributed by atoms with van der Waals surface area (Å²) >= 11 is 1.40. The molecular weight excluding hydrogens is 258 g/mol. The number of nitrogens with one attached hydrogen (secondary N) is 1. The molecule has 0 amide bonds. The lowest BCUT2D eigenvalue weighted by atomic mass is 10.3. The number of anilines is 1. The van der Waals surface area contributed by atoms with Crippen LogP contribution in [0, 0.1) is 0 Å². The molecule has 0 atom stereocenters. The molecule has 0 saturated heterocycles. The number of nitrogens with two attached hydrogens (primary N) is 1. The van der Waals surface area contributed by atoms with Gasteiger partial charge in [-0.1, -0.05) is 6.07 Å². The molecular formula is C10H11N3O2S2.